The van der Waals surface area contributed by atoms with Crippen LogP contribution in [0.2, 0.25) is 0 Å². The van der Waals surface area contributed by atoms with Gasteiger partial charge in [0, 0.05) is 43.9 Å². The molecule has 0 spiro atoms. The number of carbonyl (C=O) groups is 2. The standard InChI is InChI=1S/C25H33N3O3/c1-25(2,3)22-10-8-21(9-11-22)24(30)27-18-19-4-6-20(7-5-19)23(29)26-12-13-28-14-16-31-17-15-28/h4-11H,12-18H2,1-3H3,(H,26,29)(H,27,30). The number of ether oxygens (including phenoxy) is 1. The molecule has 0 aliphatic carbocycles. The number of morpholine rings is 1. The van der Waals surface area contributed by atoms with Crippen molar-refractivity contribution in [2.45, 2.75) is 32.7 Å². The van der Waals surface area contributed by atoms with Crippen molar-refractivity contribution in [1.29, 1.82) is 0 Å². The average Bonchev–Trinajstić information content (AvgIpc) is 2.78. The lowest BCUT2D eigenvalue weighted by Crippen LogP contribution is -2.41. The summed E-state index contributed by atoms with van der Waals surface area (Å²) in [6.07, 6.45) is 0. The summed E-state index contributed by atoms with van der Waals surface area (Å²) >= 11 is 0. The Balaban J connectivity index is 1.44. The quantitative estimate of drug-likeness (QED) is 0.718. The molecule has 166 valence electrons. The van der Waals surface area contributed by atoms with Crippen LogP contribution in [0.15, 0.2) is 48.5 Å². The summed E-state index contributed by atoms with van der Waals surface area (Å²) in [4.78, 5) is 27.0. The highest BCUT2D eigenvalue weighted by Gasteiger charge is 2.14. The fourth-order valence-electron chi connectivity index (χ4n) is 3.43. The molecule has 1 heterocycles. The molecule has 0 aromatic heterocycles. The van der Waals surface area contributed by atoms with Crippen LogP contribution >= 0.6 is 0 Å². The molecule has 31 heavy (non-hydrogen) atoms. The summed E-state index contributed by atoms with van der Waals surface area (Å²) in [7, 11) is 0. The average molecular weight is 424 g/mol. The van der Waals surface area contributed by atoms with E-state index >= 15 is 0 Å². The summed E-state index contributed by atoms with van der Waals surface area (Å²) in [6, 6.07) is 15.1. The van der Waals surface area contributed by atoms with Crippen LogP contribution in [0.1, 0.15) is 52.6 Å². The number of benzene rings is 2. The van der Waals surface area contributed by atoms with E-state index in [9.17, 15) is 9.59 Å². The van der Waals surface area contributed by atoms with E-state index in [0.717, 1.165) is 38.4 Å². The monoisotopic (exact) mass is 423 g/mol. The minimum atomic E-state index is -0.106. The second kappa shape index (κ2) is 10.6. The van der Waals surface area contributed by atoms with E-state index in [1.54, 1.807) is 12.1 Å². The molecule has 1 saturated heterocycles. The first-order valence-corrected chi connectivity index (χ1v) is 10.9. The highest BCUT2D eigenvalue weighted by Crippen LogP contribution is 2.22. The Morgan fingerprint density at radius 3 is 2.00 bits per heavy atom. The van der Waals surface area contributed by atoms with Crippen LogP contribution in [0.4, 0.5) is 0 Å². The Kier molecular flexibility index (Phi) is 7.82. The number of nitrogens with zero attached hydrogens (tertiary/aromatic N) is 1. The molecule has 2 aromatic carbocycles. The van der Waals surface area contributed by atoms with Crippen LogP contribution in [0.25, 0.3) is 0 Å². The fraction of sp³-hybridized carbons (Fsp3) is 0.440. The highest BCUT2D eigenvalue weighted by molar-refractivity contribution is 5.95. The van der Waals surface area contributed by atoms with Gasteiger partial charge < -0.3 is 15.4 Å². The van der Waals surface area contributed by atoms with Crippen molar-refractivity contribution in [2.75, 3.05) is 39.4 Å². The second-order valence-electron chi connectivity index (χ2n) is 8.92. The van der Waals surface area contributed by atoms with Crippen LogP contribution < -0.4 is 10.6 Å². The molecular weight excluding hydrogens is 390 g/mol. The van der Waals surface area contributed by atoms with Gasteiger partial charge in [0.05, 0.1) is 13.2 Å². The molecule has 0 atom stereocenters. The largest absolute Gasteiger partial charge is 0.379 e. The van der Waals surface area contributed by atoms with E-state index in [0.29, 0.717) is 24.2 Å². The summed E-state index contributed by atoms with van der Waals surface area (Å²) < 4.78 is 5.33. The molecule has 1 aliphatic rings. The van der Waals surface area contributed by atoms with Gasteiger partial charge in [-0.15, -0.1) is 0 Å². The zero-order valence-corrected chi connectivity index (χ0v) is 18.7. The van der Waals surface area contributed by atoms with E-state index in [-0.39, 0.29) is 17.2 Å². The van der Waals surface area contributed by atoms with Crippen LogP contribution in [0.5, 0.6) is 0 Å². The first-order valence-electron chi connectivity index (χ1n) is 10.9. The van der Waals surface area contributed by atoms with E-state index in [2.05, 4.69) is 36.3 Å². The van der Waals surface area contributed by atoms with Crippen molar-refractivity contribution < 1.29 is 14.3 Å². The maximum absolute atomic E-state index is 12.4. The Hall–Kier alpha value is -2.70. The maximum Gasteiger partial charge on any atom is 0.251 e. The minimum absolute atomic E-state index is 0.0611. The summed E-state index contributed by atoms with van der Waals surface area (Å²) in [5.41, 5.74) is 3.47. The molecule has 3 rings (SSSR count). The highest BCUT2D eigenvalue weighted by atomic mass is 16.5. The molecule has 0 saturated carbocycles. The second-order valence-corrected chi connectivity index (χ2v) is 8.92. The lowest BCUT2D eigenvalue weighted by molar-refractivity contribution is 0.0383. The Labute approximate surface area is 185 Å². The van der Waals surface area contributed by atoms with Crippen LogP contribution in [-0.2, 0) is 16.7 Å². The molecule has 1 fully saturated rings. The SMILES string of the molecule is CC(C)(C)c1ccc(C(=O)NCc2ccc(C(=O)NCCN3CCOCC3)cc2)cc1. The van der Waals surface area contributed by atoms with E-state index in [4.69, 9.17) is 4.74 Å². The summed E-state index contributed by atoms with van der Waals surface area (Å²) in [5.74, 6) is -0.187. The predicted molar refractivity (Wildman–Crippen MR) is 122 cm³/mol. The van der Waals surface area contributed by atoms with Gasteiger partial charge in [-0.1, -0.05) is 45.0 Å². The third-order valence-electron chi connectivity index (χ3n) is 5.50. The zero-order chi connectivity index (χ0) is 22.3. The Bertz CT molecular complexity index is 864. The molecule has 1 aliphatic heterocycles. The van der Waals surface area contributed by atoms with Gasteiger partial charge >= 0.3 is 0 Å². The third kappa shape index (κ3) is 6.91. The van der Waals surface area contributed by atoms with Crippen LogP contribution in [0.3, 0.4) is 0 Å². The Morgan fingerprint density at radius 2 is 1.42 bits per heavy atom. The van der Waals surface area contributed by atoms with E-state index in [1.807, 2.05) is 36.4 Å². The summed E-state index contributed by atoms with van der Waals surface area (Å²) in [6.45, 7) is 11.7. The van der Waals surface area contributed by atoms with E-state index in [1.165, 1.54) is 5.56 Å². The number of hydrogen-bond donors (Lipinski definition) is 2. The van der Waals surface area contributed by atoms with Gasteiger partial charge in [-0.2, -0.15) is 0 Å². The van der Waals surface area contributed by atoms with Crippen LogP contribution in [-0.4, -0.2) is 56.1 Å². The van der Waals surface area contributed by atoms with Gasteiger partial charge in [-0.3, -0.25) is 14.5 Å². The number of amides is 2. The van der Waals surface area contributed by atoms with E-state index < -0.39 is 0 Å². The first-order chi connectivity index (χ1) is 14.8. The smallest absolute Gasteiger partial charge is 0.251 e. The van der Waals surface area contributed by atoms with Gasteiger partial charge in [-0.25, -0.2) is 0 Å². The van der Waals surface area contributed by atoms with Gasteiger partial charge in [0.15, 0.2) is 0 Å². The van der Waals surface area contributed by atoms with Gasteiger partial charge in [0.1, 0.15) is 0 Å². The third-order valence-corrected chi connectivity index (χ3v) is 5.50. The molecule has 0 radical (unpaired) electrons. The normalized spacial score (nSPS) is 14.8. The van der Waals surface area contributed by atoms with Gasteiger partial charge in [-0.05, 0) is 40.8 Å². The predicted octanol–water partition coefficient (Wildman–Crippen LogP) is 2.98. The number of hydrogen-bond acceptors (Lipinski definition) is 4. The number of rotatable bonds is 7. The first kappa shape index (κ1) is 23.0. The lowest BCUT2D eigenvalue weighted by Gasteiger charge is -2.26. The Morgan fingerprint density at radius 1 is 0.871 bits per heavy atom. The topological polar surface area (TPSA) is 70.7 Å². The maximum atomic E-state index is 12.4. The van der Waals surface area contributed by atoms with Crippen molar-refractivity contribution >= 4 is 11.8 Å². The van der Waals surface area contributed by atoms with Gasteiger partial charge in [0.25, 0.3) is 11.8 Å². The molecule has 0 bridgehead atoms. The fourth-order valence-corrected chi connectivity index (χ4v) is 3.43. The molecule has 6 nitrogen and oxygen atoms in total. The molecule has 6 heteroatoms. The zero-order valence-electron chi connectivity index (χ0n) is 18.7. The van der Waals surface area contributed by atoms with Crippen molar-refractivity contribution in [1.82, 2.24) is 15.5 Å². The van der Waals surface area contributed by atoms with Crippen molar-refractivity contribution in [3.63, 3.8) is 0 Å². The van der Waals surface area contributed by atoms with Crippen LogP contribution in [0, 0.1) is 0 Å². The molecule has 0 unspecified atom stereocenters. The summed E-state index contributed by atoms with van der Waals surface area (Å²) in [5, 5.41) is 5.90. The van der Waals surface area contributed by atoms with Crippen molar-refractivity contribution in [3.05, 3.63) is 70.8 Å². The molecule has 2 N–H and O–H groups in total. The molecule has 2 amide bonds. The lowest BCUT2D eigenvalue weighted by atomic mass is 9.87. The van der Waals surface area contributed by atoms with Gasteiger partial charge in [0.2, 0.25) is 0 Å². The number of carbonyl (C=O) groups excluding carboxylic acids is 2. The van der Waals surface area contributed by atoms with Crippen molar-refractivity contribution in [3.8, 4) is 0 Å². The molecular formula is C25H33N3O3. The van der Waals surface area contributed by atoms with Crippen molar-refractivity contribution in [2.24, 2.45) is 0 Å². The molecule has 2 aromatic rings. The number of nitrogens with one attached hydrogen (secondary N) is 2. The minimum Gasteiger partial charge on any atom is -0.379 e.